The Hall–Kier alpha value is -1.50. The van der Waals surface area contributed by atoms with Gasteiger partial charge in [0.15, 0.2) is 0 Å². The van der Waals surface area contributed by atoms with Gasteiger partial charge in [-0.05, 0) is 32.4 Å². The van der Waals surface area contributed by atoms with E-state index in [1.165, 1.54) is 4.90 Å². The van der Waals surface area contributed by atoms with E-state index in [9.17, 15) is 9.90 Å². The van der Waals surface area contributed by atoms with Gasteiger partial charge < -0.3 is 15.3 Å². The second-order valence-electron chi connectivity index (χ2n) is 7.00. The van der Waals surface area contributed by atoms with Crippen molar-refractivity contribution in [2.75, 3.05) is 24.7 Å². The van der Waals surface area contributed by atoms with Gasteiger partial charge in [0.1, 0.15) is 0 Å². The summed E-state index contributed by atoms with van der Waals surface area (Å²) in [6.07, 6.45) is 4.61. The summed E-state index contributed by atoms with van der Waals surface area (Å²) in [5, 5.41) is 12.6. The Kier molecular flexibility index (Phi) is 6.05. The van der Waals surface area contributed by atoms with Crippen LogP contribution in [0.3, 0.4) is 0 Å². The number of nitrogens with zero attached hydrogens (tertiary/aromatic N) is 3. The average molecular weight is 326 g/mol. The SMILES string of the molecule is CSc1cnc(NCC(C)(C)CN(C(=O)O)C(C)(C)C)nc1. The van der Waals surface area contributed by atoms with Gasteiger partial charge in [-0.3, -0.25) is 0 Å². The second-order valence-corrected chi connectivity index (χ2v) is 7.88. The topological polar surface area (TPSA) is 78.4 Å². The molecular formula is C15H26N4O2S. The normalized spacial score (nSPS) is 12.1. The predicted molar refractivity (Wildman–Crippen MR) is 90.6 cm³/mol. The van der Waals surface area contributed by atoms with Gasteiger partial charge in [-0.2, -0.15) is 0 Å². The Bertz CT molecular complexity index is 497. The first-order valence-corrected chi connectivity index (χ1v) is 8.38. The Morgan fingerprint density at radius 2 is 1.82 bits per heavy atom. The van der Waals surface area contributed by atoms with E-state index in [-0.39, 0.29) is 5.41 Å². The monoisotopic (exact) mass is 326 g/mol. The minimum Gasteiger partial charge on any atom is -0.465 e. The minimum atomic E-state index is -0.902. The van der Waals surface area contributed by atoms with Crippen molar-refractivity contribution in [2.45, 2.75) is 45.1 Å². The van der Waals surface area contributed by atoms with Crippen LogP contribution >= 0.6 is 11.8 Å². The van der Waals surface area contributed by atoms with Gasteiger partial charge in [0, 0.05) is 35.9 Å². The van der Waals surface area contributed by atoms with E-state index in [0.29, 0.717) is 19.0 Å². The highest BCUT2D eigenvalue weighted by Gasteiger charge is 2.32. The number of thioether (sulfide) groups is 1. The van der Waals surface area contributed by atoms with Gasteiger partial charge in [0.2, 0.25) is 5.95 Å². The Balaban J connectivity index is 2.67. The molecule has 1 aromatic rings. The number of hydrogen-bond acceptors (Lipinski definition) is 5. The predicted octanol–water partition coefficient (Wildman–Crippen LogP) is 3.42. The summed E-state index contributed by atoms with van der Waals surface area (Å²) >= 11 is 1.59. The van der Waals surface area contributed by atoms with Crippen molar-refractivity contribution in [2.24, 2.45) is 5.41 Å². The summed E-state index contributed by atoms with van der Waals surface area (Å²) in [5.74, 6) is 0.559. The third kappa shape index (κ3) is 5.71. The van der Waals surface area contributed by atoms with Crippen LogP contribution in [-0.4, -0.2) is 51.0 Å². The zero-order valence-corrected chi connectivity index (χ0v) is 15.0. The molecule has 0 atom stereocenters. The van der Waals surface area contributed by atoms with Gasteiger partial charge in [-0.25, -0.2) is 14.8 Å². The number of nitrogens with one attached hydrogen (secondary N) is 1. The lowest BCUT2D eigenvalue weighted by atomic mass is 9.90. The van der Waals surface area contributed by atoms with Crippen LogP contribution in [0, 0.1) is 5.41 Å². The van der Waals surface area contributed by atoms with Crippen LogP contribution in [0.4, 0.5) is 10.7 Å². The zero-order chi connectivity index (χ0) is 17.0. The van der Waals surface area contributed by atoms with Crippen molar-refractivity contribution < 1.29 is 9.90 Å². The highest BCUT2D eigenvalue weighted by atomic mass is 32.2. The number of amides is 1. The summed E-state index contributed by atoms with van der Waals surface area (Å²) in [7, 11) is 0. The summed E-state index contributed by atoms with van der Waals surface area (Å²) in [5.41, 5.74) is -0.674. The fourth-order valence-electron chi connectivity index (χ4n) is 1.91. The quantitative estimate of drug-likeness (QED) is 0.780. The molecule has 1 heterocycles. The summed E-state index contributed by atoms with van der Waals surface area (Å²) < 4.78 is 0. The van der Waals surface area contributed by atoms with E-state index in [1.807, 2.05) is 40.9 Å². The molecule has 124 valence electrons. The highest BCUT2D eigenvalue weighted by Crippen LogP contribution is 2.23. The van der Waals surface area contributed by atoms with Crippen molar-refractivity contribution in [3.05, 3.63) is 12.4 Å². The van der Waals surface area contributed by atoms with E-state index in [0.717, 1.165) is 4.90 Å². The van der Waals surface area contributed by atoms with E-state index in [2.05, 4.69) is 15.3 Å². The first-order chi connectivity index (χ1) is 10.0. The molecule has 1 rings (SSSR count). The third-order valence-corrected chi connectivity index (χ3v) is 3.90. The molecule has 0 bridgehead atoms. The molecule has 0 fully saturated rings. The molecular weight excluding hydrogens is 300 g/mol. The molecule has 1 amide bonds. The number of carboxylic acid groups (broad SMARTS) is 1. The van der Waals surface area contributed by atoms with E-state index in [4.69, 9.17) is 0 Å². The lowest BCUT2D eigenvalue weighted by molar-refractivity contribution is 0.0755. The van der Waals surface area contributed by atoms with Gasteiger partial charge >= 0.3 is 6.09 Å². The molecule has 1 aromatic heterocycles. The summed E-state index contributed by atoms with van der Waals surface area (Å²) in [4.78, 5) is 22.4. The fraction of sp³-hybridized carbons (Fsp3) is 0.667. The van der Waals surface area contributed by atoms with Gasteiger partial charge in [0.25, 0.3) is 0 Å². The summed E-state index contributed by atoms with van der Waals surface area (Å²) in [6.45, 7) is 10.8. The second kappa shape index (κ2) is 7.17. The number of anilines is 1. The number of aromatic nitrogens is 2. The van der Waals surface area contributed by atoms with Crippen LogP contribution < -0.4 is 5.32 Å². The largest absolute Gasteiger partial charge is 0.465 e. The number of hydrogen-bond donors (Lipinski definition) is 2. The van der Waals surface area contributed by atoms with Crippen molar-refractivity contribution in [1.82, 2.24) is 14.9 Å². The van der Waals surface area contributed by atoms with Crippen molar-refractivity contribution in [3.8, 4) is 0 Å². The average Bonchev–Trinajstić information content (AvgIpc) is 2.42. The van der Waals surface area contributed by atoms with Crippen LogP contribution in [0.2, 0.25) is 0 Å². The van der Waals surface area contributed by atoms with Gasteiger partial charge in [-0.1, -0.05) is 13.8 Å². The first-order valence-electron chi connectivity index (χ1n) is 7.16. The molecule has 0 aromatic carbocycles. The Labute approximate surface area is 136 Å². The maximum atomic E-state index is 11.4. The standard InChI is InChI=1S/C15H26N4O2S/c1-14(2,3)19(13(20)21)10-15(4,5)9-18-12-16-7-11(22-6)8-17-12/h7-8H,9-10H2,1-6H3,(H,20,21)(H,16,17,18). The van der Waals surface area contributed by atoms with Crippen molar-refractivity contribution in [3.63, 3.8) is 0 Å². The third-order valence-electron chi connectivity index (χ3n) is 3.22. The molecule has 0 aliphatic heterocycles. The van der Waals surface area contributed by atoms with Crippen LogP contribution in [0.15, 0.2) is 17.3 Å². The molecule has 0 saturated heterocycles. The van der Waals surface area contributed by atoms with Crippen LogP contribution in [-0.2, 0) is 0 Å². The van der Waals surface area contributed by atoms with Crippen molar-refractivity contribution >= 4 is 23.8 Å². The maximum Gasteiger partial charge on any atom is 0.407 e. The van der Waals surface area contributed by atoms with Gasteiger partial charge in [-0.15, -0.1) is 11.8 Å². The smallest absolute Gasteiger partial charge is 0.407 e. The molecule has 0 saturated carbocycles. The summed E-state index contributed by atoms with van der Waals surface area (Å²) in [6, 6.07) is 0. The van der Waals surface area contributed by atoms with Gasteiger partial charge in [0.05, 0.1) is 0 Å². The molecule has 2 N–H and O–H groups in total. The first kappa shape index (κ1) is 18.5. The lowest BCUT2D eigenvalue weighted by Gasteiger charge is -2.39. The van der Waals surface area contributed by atoms with Crippen LogP contribution in [0.5, 0.6) is 0 Å². The molecule has 0 aliphatic carbocycles. The van der Waals surface area contributed by atoms with E-state index in [1.54, 1.807) is 24.2 Å². The molecule has 7 heteroatoms. The van der Waals surface area contributed by atoms with Crippen LogP contribution in [0.25, 0.3) is 0 Å². The molecule has 0 radical (unpaired) electrons. The Morgan fingerprint density at radius 1 is 1.27 bits per heavy atom. The molecule has 0 unspecified atom stereocenters. The zero-order valence-electron chi connectivity index (χ0n) is 14.2. The molecule has 22 heavy (non-hydrogen) atoms. The molecule has 6 nitrogen and oxygen atoms in total. The van der Waals surface area contributed by atoms with Crippen molar-refractivity contribution in [1.29, 1.82) is 0 Å². The maximum absolute atomic E-state index is 11.4. The molecule has 0 spiro atoms. The number of carbonyl (C=O) groups is 1. The number of rotatable bonds is 6. The Morgan fingerprint density at radius 3 is 2.23 bits per heavy atom. The minimum absolute atomic E-state index is 0.243. The fourth-order valence-corrected chi connectivity index (χ4v) is 2.22. The van der Waals surface area contributed by atoms with Crippen LogP contribution in [0.1, 0.15) is 34.6 Å². The molecule has 0 aliphatic rings. The van der Waals surface area contributed by atoms with E-state index >= 15 is 0 Å². The lowest BCUT2D eigenvalue weighted by Crippen LogP contribution is -2.50. The van der Waals surface area contributed by atoms with E-state index < -0.39 is 11.6 Å². The highest BCUT2D eigenvalue weighted by molar-refractivity contribution is 7.98.